The van der Waals surface area contributed by atoms with Crippen LogP contribution in [0.3, 0.4) is 0 Å². The molecule has 1 aliphatic heterocycles. The molecule has 4 aromatic rings. The standard InChI is InChI=1S/C28H23ClFN3O3/c1-17(34)19-9-7-18(8-10-19)14-33(15-20-5-3-4-6-24(20)30)28(35)26-23-16-36-25-12-11-21(29)13-22(25)27(23)32(2)31-26/h3-13,34H,1,14-16H2,2H3. The zero-order chi connectivity index (χ0) is 25.4. The van der Waals surface area contributed by atoms with E-state index in [-0.39, 0.29) is 37.1 Å². The maximum absolute atomic E-state index is 14.5. The molecular formula is C28H23ClFN3O3. The van der Waals surface area contributed by atoms with Crippen LogP contribution in [0.2, 0.25) is 5.02 Å². The van der Waals surface area contributed by atoms with Gasteiger partial charge in [0.25, 0.3) is 5.91 Å². The van der Waals surface area contributed by atoms with Gasteiger partial charge < -0.3 is 14.7 Å². The Bertz CT molecular complexity index is 1480. The van der Waals surface area contributed by atoms with Crippen molar-refractivity contribution < 1.29 is 19.0 Å². The highest BCUT2D eigenvalue weighted by molar-refractivity contribution is 6.31. The van der Waals surface area contributed by atoms with Crippen molar-refractivity contribution in [1.82, 2.24) is 14.7 Å². The molecule has 0 atom stereocenters. The van der Waals surface area contributed by atoms with Crippen LogP contribution in [-0.4, -0.2) is 25.7 Å². The van der Waals surface area contributed by atoms with E-state index in [4.69, 9.17) is 16.3 Å². The Balaban J connectivity index is 1.53. The van der Waals surface area contributed by atoms with E-state index in [2.05, 4.69) is 11.7 Å². The van der Waals surface area contributed by atoms with Crippen LogP contribution in [0.1, 0.15) is 32.7 Å². The second-order valence-electron chi connectivity index (χ2n) is 8.62. The zero-order valence-corrected chi connectivity index (χ0v) is 20.3. The van der Waals surface area contributed by atoms with Crippen LogP contribution in [0.15, 0.2) is 73.3 Å². The first-order valence-electron chi connectivity index (χ1n) is 11.3. The average Bonchev–Trinajstić information content (AvgIpc) is 3.21. The average molecular weight is 504 g/mol. The summed E-state index contributed by atoms with van der Waals surface area (Å²) in [5.74, 6) is -0.110. The first-order chi connectivity index (χ1) is 17.3. The summed E-state index contributed by atoms with van der Waals surface area (Å²) in [5.41, 5.74) is 4.21. The van der Waals surface area contributed by atoms with E-state index in [1.165, 1.54) is 6.07 Å². The van der Waals surface area contributed by atoms with Crippen LogP contribution in [0.4, 0.5) is 4.39 Å². The number of nitrogens with zero attached hydrogens (tertiary/aromatic N) is 3. The molecule has 1 amide bonds. The molecule has 2 heterocycles. The van der Waals surface area contributed by atoms with Gasteiger partial charge >= 0.3 is 0 Å². The third-order valence-corrected chi connectivity index (χ3v) is 6.42. The van der Waals surface area contributed by atoms with Gasteiger partial charge in [-0.15, -0.1) is 0 Å². The molecule has 0 unspecified atom stereocenters. The molecule has 6 nitrogen and oxygen atoms in total. The number of aliphatic hydroxyl groups excluding tert-OH is 1. The van der Waals surface area contributed by atoms with E-state index < -0.39 is 5.82 Å². The number of ether oxygens (including phenoxy) is 1. The van der Waals surface area contributed by atoms with Gasteiger partial charge in [-0.05, 0) is 29.8 Å². The molecule has 3 aromatic carbocycles. The van der Waals surface area contributed by atoms with Gasteiger partial charge in [0, 0.05) is 47.4 Å². The summed E-state index contributed by atoms with van der Waals surface area (Å²) in [5, 5.41) is 14.7. The SMILES string of the molecule is C=C(O)c1ccc(CN(Cc2ccccc2F)C(=O)c2nn(C)c3c2COc2ccc(Cl)cc2-3)cc1. The molecule has 0 bridgehead atoms. The molecule has 0 radical (unpaired) electrons. The minimum absolute atomic E-state index is 0.0404. The van der Waals surface area contributed by atoms with Crippen LogP contribution in [-0.2, 0) is 26.7 Å². The van der Waals surface area contributed by atoms with Gasteiger partial charge in [0.15, 0.2) is 5.69 Å². The lowest BCUT2D eigenvalue weighted by atomic mass is 10.0. The van der Waals surface area contributed by atoms with E-state index in [1.54, 1.807) is 77.3 Å². The van der Waals surface area contributed by atoms with Crippen LogP contribution >= 0.6 is 11.6 Å². The smallest absolute Gasteiger partial charge is 0.275 e. The molecule has 1 aliphatic rings. The number of hydrogen-bond acceptors (Lipinski definition) is 4. The van der Waals surface area contributed by atoms with Crippen molar-refractivity contribution in [1.29, 1.82) is 0 Å². The van der Waals surface area contributed by atoms with Crippen molar-refractivity contribution >= 4 is 23.3 Å². The van der Waals surface area contributed by atoms with Crippen molar-refractivity contribution in [3.8, 4) is 17.0 Å². The van der Waals surface area contributed by atoms with Crippen LogP contribution in [0.25, 0.3) is 17.0 Å². The van der Waals surface area contributed by atoms with Crippen molar-refractivity contribution in [3.63, 3.8) is 0 Å². The fraction of sp³-hybridized carbons (Fsp3) is 0.143. The predicted octanol–water partition coefficient (Wildman–Crippen LogP) is 6.14. The molecule has 1 N–H and O–H groups in total. The van der Waals surface area contributed by atoms with Gasteiger partial charge in [0.2, 0.25) is 0 Å². The van der Waals surface area contributed by atoms with Crippen molar-refractivity contribution in [2.45, 2.75) is 19.7 Å². The molecule has 36 heavy (non-hydrogen) atoms. The molecule has 0 fully saturated rings. The lowest BCUT2D eigenvalue weighted by Gasteiger charge is -2.24. The first kappa shape index (κ1) is 23.6. The third-order valence-electron chi connectivity index (χ3n) is 6.18. The van der Waals surface area contributed by atoms with Gasteiger partial charge in [-0.3, -0.25) is 9.48 Å². The maximum Gasteiger partial charge on any atom is 0.275 e. The third kappa shape index (κ3) is 4.45. The fourth-order valence-electron chi connectivity index (χ4n) is 4.38. The molecule has 8 heteroatoms. The molecule has 182 valence electrons. The summed E-state index contributed by atoms with van der Waals surface area (Å²) in [6.45, 7) is 3.97. The Morgan fingerprint density at radius 3 is 2.64 bits per heavy atom. The maximum atomic E-state index is 14.5. The van der Waals surface area contributed by atoms with Crippen LogP contribution in [0, 0.1) is 5.82 Å². The highest BCUT2D eigenvalue weighted by Gasteiger charge is 2.31. The summed E-state index contributed by atoms with van der Waals surface area (Å²) >= 11 is 6.22. The van der Waals surface area contributed by atoms with Crippen LogP contribution < -0.4 is 4.74 Å². The highest BCUT2D eigenvalue weighted by Crippen LogP contribution is 2.40. The van der Waals surface area contributed by atoms with E-state index in [1.807, 2.05) is 0 Å². The Morgan fingerprint density at radius 2 is 1.92 bits per heavy atom. The molecule has 0 saturated carbocycles. The number of fused-ring (bicyclic) bond motifs is 3. The summed E-state index contributed by atoms with van der Waals surface area (Å²) in [7, 11) is 1.77. The number of aliphatic hydroxyl groups is 1. The van der Waals surface area contributed by atoms with E-state index in [0.717, 1.165) is 16.8 Å². The Labute approximate surface area is 212 Å². The number of carbonyl (C=O) groups is 1. The second-order valence-corrected chi connectivity index (χ2v) is 9.06. The lowest BCUT2D eigenvalue weighted by molar-refractivity contribution is 0.0718. The highest BCUT2D eigenvalue weighted by atomic mass is 35.5. The minimum Gasteiger partial charge on any atom is -0.508 e. The number of benzene rings is 3. The largest absolute Gasteiger partial charge is 0.508 e. The lowest BCUT2D eigenvalue weighted by Crippen LogP contribution is -2.31. The Kier molecular flexibility index (Phi) is 6.24. The number of halogens is 2. The first-order valence-corrected chi connectivity index (χ1v) is 11.7. The van der Waals surface area contributed by atoms with Gasteiger partial charge in [-0.1, -0.05) is 60.6 Å². The fourth-order valence-corrected chi connectivity index (χ4v) is 4.55. The molecule has 1 aromatic heterocycles. The van der Waals surface area contributed by atoms with Crippen molar-refractivity contribution in [3.05, 3.63) is 112 Å². The van der Waals surface area contributed by atoms with Crippen molar-refractivity contribution in [2.24, 2.45) is 7.05 Å². The van der Waals surface area contributed by atoms with Gasteiger partial charge in [-0.2, -0.15) is 5.10 Å². The van der Waals surface area contributed by atoms with E-state index in [0.29, 0.717) is 27.5 Å². The number of hydrogen-bond donors (Lipinski definition) is 1. The molecule has 0 spiro atoms. The normalized spacial score (nSPS) is 11.9. The zero-order valence-electron chi connectivity index (χ0n) is 19.5. The number of rotatable bonds is 6. The molecular weight excluding hydrogens is 481 g/mol. The topological polar surface area (TPSA) is 67.6 Å². The number of aryl methyl sites for hydroxylation is 1. The molecule has 0 aliphatic carbocycles. The number of aromatic nitrogens is 2. The summed E-state index contributed by atoms with van der Waals surface area (Å²) in [4.78, 5) is 15.4. The molecule has 0 saturated heterocycles. The number of amides is 1. The van der Waals surface area contributed by atoms with Crippen molar-refractivity contribution in [2.75, 3.05) is 0 Å². The Hall–Kier alpha value is -4.10. The van der Waals surface area contributed by atoms with Gasteiger partial charge in [-0.25, -0.2) is 4.39 Å². The predicted molar refractivity (Wildman–Crippen MR) is 136 cm³/mol. The quantitative estimate of drug-likeness (QED) is 0.321. The van der Waals surface area contributed by atoms with Gasteiger partial charge in [0.05, 0.1) is 5.69 Å². The summed E-state index contributed by atoms with van der Waals surface area (Å²) < 4.78 is 22.1. The summed E-state index contributed by atoms with van der Waals surface area (Å²) in [6, 6.07) is 18.8. The Morgan fingerprint density at radius 1 is 1.17 bits per heavy atom. The second kappa shape index (κ2) is 9.51. The van der Waals surface area contributed by atoms with E-state index >= 15 is 0 Å². The number of carbonyl (C=O) groups excluding carboxylic acids is 1. The van der Waals surface area contributed by atoms with Gasteiger partial charge in [0.1, 0.15) is 23.9 Å². The monoisotopic (exact) mass is 503 g/mol. The minimum atomic E-state index is -0.392. The summed E-state index contributed by atoms with van der Waals surface area (Å²) in [6.07, 6.45) is 0. The van der Waals surface area contributed by atoms with E-state index in [9.17, 15) is 14.3 Å². The van der Waals surface area contributed by atoms with Crippen LogP contribution in [0.5, 0.6) is 5.75 Å². The molecule has 5 rings (SSSR count).